The summed E-state index contributed by atoms with van der Waals surface area (Å²) in [5.41, 5.74) is 3.86. The van der Waals surface area contributed by atoms with Crippen molar-refractivity contribution in [1.82, 2.24) is 24.6 Å². The number of nitrogens with zero attached hydrogens (tertiary/aromatic N) is 4. The van der Waals surface area contributed by atoms with Gasteiger partial charge in [0.25, 0.3) is 5.56 Å². The largest absolute Gasteiger partial charge is 0.311 e. The molecule has 0 saturated carbocycles. The fourth-order valence-electron chi connectivity index (χ4n) is 3.37. The average molecular weight is 329 g/mol. The summed E-state index contributed by atoms with van der Waals surface area (Å²) in [7, 11) is 6.02. The van der Waals surface area contributed by atoms with Crippen LogP contribution < -0.4 is 10.9 Å². The van der Waals surface area contributed by atoms with Crippen molar-refractivity contribution in [2.75, 3.05) is 20.6 Å². The van der Waals surface area contributed by atoms with Gasteiger partial charge >= 0.3 is 0 Å². The first kappa shape index (κ1) is 16.9. The lowest BCUT2D eigenvalue weighted by Crippen LogP contribution is -2.37. The SMILES string of the molecule is CN(C)CCn1c2c(ccc1=O)C[C@@H](NCc1cnn(C)c1)CC2. The summed E-state index contributed by atoms with van der Waals surface area (Å²) in [6.45, 7) is 2.50. The minimum Gasteiger partial charge on any atom is -0.311 e. The molecule has 0 amide bonds. The Kier molecular flexibility index (Phi) is 5.16. The summed E-state index contributed by atoms with van der Waals surface area (Å²) in [4.78, 5) is 14.3. The zero-order chi connectivity index (χ0) is 17.1. The van der Waals surface area contributed by atoms with E-state index in [1.807, 2.05) is 48.9 Å². The normalized spacial score (nSPS) is 17.2. The van der Waals surface area contributed by atoms with Gasteiger partial charge in [0.1, 0.15) is 0 Å². The van der Waals surface area contributed by atoms with Gasteiger partial charge in [0.05, 0.1) is 6.20 Å². The third-order valence-corrected chi connectivity index (χ3v) is 4.71. The summed E-state index contributed by atoms with van der Waals surface area (Å²) in [5.74, 6) is 0. The van der Waals surface area contributed by atoms with Crippen molar-refractivity contribution < 1.29 is 0 Å². The molecule has 6 nitrogen and oxygen atoms in total. The van der Waals surface area contributed by atoms with Crippen LogP contribution >= 0.6 is 0 Å². The Morgan fingerprint density at radius 1 is 1.38 bits per heavy atom. The van der Waals surface area contributed by atoms with Crippen molar-refractivity contribution in [2.45, 2.75) is 38.4 Å². The number of likely N-dealkylation sites (N-methyl/N-ethyl adjacent to an activating group) is 1. The van der Waals surface area contributed by atoms with Crippen LogP contribution in [0.4, 0.5) is 0 Å². The van der Waals surface area contributed by atoms with E-state index in [0.717, 1.165) is 38.9 Å². The summed E-state index contributed by atoms with van der Waals surface area (Å²) < 4.78 is 3.79. The molecule has 24 heavy (non-hydrogen) atoms. The van der Waals surface area contributed by atoms with Crippen LogP contribution in [0.1, 0.15) is 23.2 Å². The molecule has 0 bridgehead atoms. The number of hydrogen-bond acceptors (Lipinski definition) is 4. The molecule has 3 rings (SSSR count). The standard InChI is InChI=1S/C18H27N5O/c1-21(2)8-9-23-17-6-5-16(10-15(17)4-7-18(23)24)19-11-14-12-20-22(3)13-14/h4,7,12-13,16,19H,5-6,8-11H2,1-3H3/t16-/m0/s1. The van der Waals surface area contributed by atoms with Gasteiger partial charge in [0.15, 0.2) is 0 Å². The fraction of sp³-hybridized carbons (Fsp3) is 0.556. The van der Waals surface area contributed by atoms with E-state index in [-0.39, 0.29) is 5.56 Å². The molecule has 0 aliphatic heterocycles. The first-order valence-electron chi connectivity index (χ1n) is 8.60. The lowest BCUT2D eigenvalue weighted by Gasteiger charge is -2.28. The maximum atomic E-state index is 12.2. The predicted molar refractivity (Wildman–Crippen MR) is 95.1 cm³/mol. The van der Waals surface area contributed by atoms with E-state index in [9.17, 15) is 4.79 Å². The Labute approximate surface area is 143 Å². The Bertz CT molecular complexity index is 746. The van der Waals surface area contributed by atoms with Gasteiger partial charge in [-0.25, -0.2) is 0 Å². The lowest BCUT2D eigenvalue weighted by atomic mass is 9.91. The number of nitrogens with one attached hydrogen (secondary N) is 1. The molecule has 1 aliphatic rings. The van der Waals surface area contributed by atoms with Crippen LogP contribution in [-0.4, -0.2) is 45.9 Å². The van der Waals surface area contributed by atoms with Crippen LogP contribution in [0.2, 0.25) is 0 Å². The second-order valence-corrected chi connectivity index (χ2v) is 6.94. The summed E-state index contributed by atoms with van der Waals surface area (Å²) in [5, 5.41) is 7.83. The van der Waals surface area contributed by atoms with Crippen molar-refractivity contribution in [3.8, 4) is 0 Å². The topological polar surface area (TPSA) is 55.1 Å². The number of rotatable bonds is 6. The number of fused-ring (bicyclic) bond motifs is 1. The van der Waals surface area contributed by atoms with Crippen molar-refractivity contribution in [3.63, 3.8) is 0 Å². The third kappa shape index (κ3) is 3.94. The molecule has 0 saturated heterocycles. The highest BCUT2D eigenvalue weighted by molar-refractivity contribution is 5.25. The molecule has 0 fully saturated rings. The highest BCUT2D eigenvalue weighted by atomic mass is 16.1. The van der Waals surface area contributed by atoms with Gasteiger partial charge in [-0.2, -0.15) is 5.10 Å². The summed E-state index contributed by atoms with van der Waals surface area (Å²) in [6.07, 6.45) is 6.96. The summed E-state index contributed by atoms with van der Waals surface area (Å²) >= 11 is 0. The zero-order valence-corrected chi connectivity index (χ0v) is 14.8. The molecule has 2 aromatic heterocycles. The van der Waals surface area contributed by atoms with Crippen molar-refractivity contribution in [3.05, 3.63) is 51.7 Å². The van der Waals surface area contributed by atoms with Gasteiger partial charge in [-0.1, -0.05) is 6.07 Å². The van der Waals surface area contributed by atoms with E-state index < -0.39 is 0 Å². The molecule has 0 spiro atoms. The van der Waals surface area contributed by atoms with E-state index >= 15 is 0 Å². The van der Waals surface area contributed by atoms with E-state index in [1.54, 1.807) is 6.07 Å². The van der Waals surface area contributed by atoms with Crippen LogP contribution in [0.15, 0.2) is 29.3 Å². The predicted octanol–water partition coefficient (Wildman–Crippen LogP) is 0.791. The molecule has 1 aliphatic carbocycles. The third-order valence-electron chi connectivity index (χ3n) is 4.71. The maximum absolute atomic E-state index is 12.2. The Balaban J connectivity index is 1.67. The highest BCUT2D eigenvalue weighted by Gasteiger charge is 2.21. The summed E-state index contributed by atoms with van der Waals surface area (Å²) in [6, 6.07) is 4.19. The molecule has 1 N–H and O–H groups in total. The van der Waals surface area contributed by atoms with E-state index in [4.69, 9.17) is 0 Å². The lowest BCUT2D eigenvalue weighted by molar-refractivity contribution is 0.370. The molecule has 0 radical (unpaired) electrons. The van der Waals surface area contributed by atoms with Crippen LogP contribution in [-0.2, 0) is 33.0 Å². The molecule has 0 unspecified atom stereocenters. The highest BCUT2D eigenvalue weighted by Crippen LogP contribution is 2.20. The second-order valence-electron chi connectivity index (χ2n) is 6.94. The van der Waals surface area contributed by atoms with Gasteiger partial charge in [-0.3, -0.25) is 9.48 Å². The first-order chi connectivity index (χ1) is 11.5. The Morgan fingerprint density at radius 3 is 2.92 bits per heavy atom. The zero-order valence-electron chi connectivity index (χ0n) is 14.8. The number of aromatic nitrogens is 3. The molecule has 6 heteroatoms. The van der Waals surface area contributed by atoms with Gasteiger partial charge in [0, 0.05) is 56.2 Å². The second kappa shape index (κ2) is 7.32. The van der Waals surface area contributed by atoms with Gasteiger partial charge in [-0.05, 0) is 38.9 Å². The quantitative estimate of drug-likeness (QED) is 0.851. The molecule has 2 heterocycles. The molecule has 130 valence electrons. The van der Waals surface area contributed by atoms with Crippen molar-refractivity contribution in [2.24, 2.45) is 7.05 Å². The molecule has 1 atom stereocenters. The number of aryl methyl sites for hydroxylation is 1. The Hall–Kier alpha value is -1.92. The average Bonchev–Trinajstić information content (AvgIpc) is 2.97. The number of hydrogen-bond donors (Lipinski definition) is 1. The maximum Gasteiger partial charge on any atom is 0.250 e. The smallest absolute Gasteiger partial charge is 0.250 e. The van der Waals surface area contributed by atoms with Crippen LogP contribution in [0, 0.1) is 0 Å². The first-order valence-corrected chi connectivity index (χ1v) is 8.60. The molecular formula is C18H27N5O. The van der Waals surface area contributed by atoms with Crippen molar-refractivity contribution in [1.29, 1.82) is 0 Å². The van der Waals surface area contributed by atoms with Gasteiger partial charge in [-0.15, -0.1) is 0 Å². The Morgan fingerprint density at radius 2 is 2.21 bits per heavy atom. The van der Waals surface area contributed by atoms with Crippen LogP contribution in [0.25, 0.3) is 0 Å². The monoisotopic (exact) mass is 329 g/mol. The molecular weight excluding hydrogens is 302 g/mol. The van der Waals surface area contributed by atoms with Crippen LogP contribution in [0.5, 0.6) is 0 Å². The van der Waals surface area contributed by atoms with Gasteiger partial charge in [0.2, 0.25) is 0 Å². The van der Waals surface area contributed by atoms with E-state index in [0.29, 0.717) is 6.04 Å². The molecule has 0 aromatic carbocycles. The van der Waals surface area contributed by atoms with Crippen molar-refractivity contribution >= 4 is 0 Å². The van der Waals surface area contributed by atoms with Crippen LogP contribution in [0.3, 0.4) is 0 Å². The molecule has 2 aromatic rings. The minimum absolute atomic E-state index is 0.123. The van der Waals surface area contributed by atoms with E-state index in [2.05, 4.69) is 15.3 Å². The minimum atomic E-state index is 0.123. The number of pyridine rings is 1. The van der Waals surface area contributed by atoms with E-state index in [1.165, 1.54) is 16.8 Å². The van der Waals surface area contributed by atoms with Gasteiger partial charge < -0.3 is 14.8 Å². The fourth-order valence-corrected chi connectivity index (χ4v) is 3.37.